The fourth-order valence-electron chi connectivity index (χ4n) is 2.33. The summed E-state index contributed by atoms with van der Waals surface area (Å²) < 4.78 is 5.25. The molecule has 2 N–H and O–H groups in total. The summed E-state index contributed by atoms with van der Waals surface area (Å²) in [7, 11) is -1.30. The van der Waals surface area contributed by atoms with E-state index in [1.807, 2.05) is 0 Å². The van der Waals surface area contributed by atoms with Crippen molar-refractivity contribution in [1.82, 2.24) is 0 Å². The van der Waals surface area contributed by atoms with Crippen LogP contribution in [0.2, 0.25) is 6.32 Å². The summed E-state index contributed by atoms with van der Waals surface area (Å²) in [5.74, 6) is 0.142. The zero-order valence-electron chi connectivity index (χ0n) is 12.0. The van der Waals surface area contributed by atoms with Gasteiger partial charge in [-0.1, -0.05) is 12.8 Å². The van der Waals surface area contributed by atoms with E-state index < -0.39 is 12.0 Å². The standard InChI is InChI=1S/C13H17BN2O6/c17-13-9-22-12-8-10(16(20)21)4-5-11(12)15(13)7-3-1-2-6-14(18)19/h4-5,8,18-19H,1-3,6-7,9H2. The lowest BCUT2D eigenvalue weighted by Crippen LogP contribution is -2.39. The van der Waals surface area contributed by atoms with Gasteiger partial charge in [0.1, 0.15) is 0 Å². The number of carbonyl (C=O) groups is 1. The molecule has 0 bridgehead atoms. The third-order valence-corrected chi connectivity index (χ3v) is 3.44. The minimum atomic E-state index is -1.30. The van der Waals surface area contributed by atoms with Gasteiger partial charge in [-0.3, -0.25) is 14.9 Å². The van der Waals surface area contributed by atoms with E-state index in [1.54, 1.807) is 4.90 Å². The number of hydrogen-bond donors (Lipinski definition) is 2. The largest absolute Gasteiger partial charge is 0.481 e. The summed E-state index contributed by atoms with van der Waals surface area (Å²) in [6.07, 6.45) is 2.42. The average molecular weight is 308 g/mol. The van der Waals surface area contributed by atoms with Gasteiger partial charge in [-0.15, -0.1) is 0 Å². The molecule has 0 fully saturated rings. The molecule has 118 valence electrons. The number of nitrogens with zero attached hydrogens (tertiary/aromatic N) is 2. The highest BCUT2D eigenvalue weighted by molar-refractivity contribution is 6.40. The molecule has 1 aromatic carbocycles. The maximum absolute atomic E-state index is 11.9. The number of nitro benzene ring substituents is 1. The van der Waals surface area contributed by atoms with Gasteiger partial charge in [0.25, 0.3) is 11.6 Å². The van der Waals surface area contributed by atoms with Crippen LogP contribution in [0.1, 0.15) is 19.3 Å². The van der Waals surface area contributed by atoms with Crippen LogP contribution in [0.5, 0.6) is 5.75 Å². The highest BCUT2D eigenvalue weighted by Crippen LogP contribution is 2.35. The molecule has 0 saturated carbocycles. The van der Waals surface area contributed by atoms with Crippen LogP contribution in [-0.2, 0) is 4.79 Å². The van der Waals surface area contributed by atoms with Gasteiger partial charge in [-0.25, -0.2) is 0 Å². The lowest BCUT2D eigenvalue weighted by molar-refractivity contribution is -0.384. The van der Waals surface area contributed by atoms with Crippen molar-refractivity contribution in [2.24, 2.45) is 0 Å². The third kappa shape index (κ3) is 3.95. The van der Waals surface area contributed by atoms with Gasteiger partial charge in [-0.05, 0) is 18.8 Å². The van der Waals surface area contributed by atoms with E-state index in [4.69, 9.17) is 14.8 Å². The lowest BCUT2D eigenvalue weighted by Gasteiger charge is -2.29. The Morgan fingerprint density at radius 2 is 2.09 bits per heavy atom. The summed E-state index contributed by atoms with van der Waals surface area (Å²) >= 11 is 0. The van der Waals surface area contributed by atoms with Crippen LogP contribution in [0.3, 0.4) is 0 Å². The maximum atomic E-state index is 11.9. The van der Waals surface area contributed by atoms with Crippen LogP contribution in [-0.4, -0.2) is 41.1 Å². The fraction of sp³-hybridized carbons (Fsp3) is 0.462. The topological polar surface area (TPSA) is 113 Å². The SMILES string of the molecule is O=C1COc2cc([N+](=O)[O-])ccc2N1CCCCCB(O)O. The zero-order chi connectivity index (χ0) is 16.1. The Morgan fingerprint density at radius 3 is 2.77 bits per heavy atom. The molecule has 0 saturated heterocycles. The number of ether oxygens (including phenoxy) is 1. The van der Waals surface area contributed by atoms with Gasteiger partial charge in [0.05, 0.1) is 16.7 Å². The predicted octanol–water partition coefficient (Wildman–Crippen LogP) is 0.963. The van der Waals surface area contributed by atoms with Crippen LogP contribution in [0.25, 0.3) is 0 Å². The summed E-state index contributed by atoms with van der Waals surface area (Å²) in [5, 5.41) is 28.3. The average Bonchev–Trinajstić information content (AvgIpc) is 2.48. The molecule has 22 heavy (non-hydrogen) atoms. The molecule has 1 aliphatic heterocycles. The van der Waals surface area contributed by atoms with Crippen LogP contribution >= 0.6 is 0 Å². The number of nitro groups is 1. The molecule has 1 aromatic rings. The zero-order valence-corrected chi connectivity index (χ0v) is 12.0. The Kier molecular flexibility index (Phi) is 5.34. The Labute approximate surface area is 127 Å². The number of fused-ring (bicyclic) bond motifs is 1. The van der Waals surface area contributed by atoms with Crippen LogP contribution in [0.4, 0.5) is 11.4 Å². The highest BCUT2D eigenvalue weighted by Gasteiger charge is 2.26. The van der Waals surface area contributed by atoms with Crippen molar-refractivity contribution in [3.63, 3.8) is 0 Å². The molecule has 1 amide bonds. The van der Waals surface area contributed by atoms with Crippen LogP contribution in [0, 0.1) is 10.1 Å². The second-order valence-corrected chi connectivity index (χ2v) is 5.07. The number of hydrogen-bond acceptors (Lipinski definition) is 6. The molecule has 0 atom stereocenters. The van der Waals surface area contributed by atoms with E-state index >= 15 is 0 Å². The van der Waals surface area contributed by atoms with Crippen molar-refractivity contribution < 1.29 is 24.5 Å². The third-order valence-electron chi connectivity index (χ3n) is 3.44. The smallest absolute Gasteiger partial charge is 0.451 e. The quantitative estimate of drug-likeness (QED) is 0.336. The number of carbonyl (C=O) groups excluding carboxylic acids is 1. The van der Waals surface area contributed by atoms with E-state index in [0.29, 0.717) is 37.1 Å². The van der Waals surface area contributed by atoms with E-state index in [2.05, 4.69) is 0 Å². The molecular weight excluding hydrogens is 291 g/mol. The van der Waals surface area contributed by atoms with Crippen molar-refractivity contribution in [2.75, 3.05) is 18.1 Å². The fourth-order valence-corrected chi connectivity index (χ4v) is 2.33. The molecule has 1 aliphatic rings. The second kappa shape index (κ2) is 7.23. The molecular formula is C13H17BN2O6. The van der Waals surface area contributed by atoms with Crippen molar-refractivity contribution >= 4 is 24.4 Å². The van der Waals surface area contributed by atoms with Gasteiger partial charge >= 0.3 is 7.12 Å². The molecule has 0 spiro atoms. The molecule has 0 aromatic heterocycles. The van der Waals surface area contributed by atoms with Crippen molar-refractivity contribution in [2.45, 2.75) is 25.6 Å². The first-order valence-corrected chi connectivity index (χ1v) is 7.07. The van der Waals surface area contributed by atoms with E-state index in [1.165, 1.54) is 18.2 Å². The van der Waals surface area contributed by atoms with Gasteiger partial charge in [-0.2, -0.15) is 0 Å². The summed E-state index contributed by atoms with van der Waals surface area (Å²) in [6, 6.07) is 4.18. The van der Waals surface area contributed by atoms with Gasteiger partial charge in [0.2, 0.25) is 0 Å². The molecule has 0 radical (unpaired) electrons. The summed E-state index contributed by atoms with van der Waals surface area (Å²) in [4.78, 5) is 23.7. The monoisotopic (exact) mass is 308 g/mol. The molecule has 1 heterocycles. The molecule has 8 nitrogen and oxygen atoms in total. The minimum Gasteiger partial charge on any atom is -0.481 e. The number of rotatable bonds is 7. The van der Waals surface area contributed by atoms with Crippen LogP contribution < -0.4 is 9.64 Å². The molecule has 0 aliphatic carbocycles. The predicted molar refractivity (Wildman–Crippen MR) is 79.8 cm³/mol. The first-order chi connectivity index (χ1) is 10.5. The lowest BCUT2D eigenvalue weighted by atomic mass is 9.83. The van der Waals surface area contributed by atoms with Crippen molar-refractivity contribution in [3.05, 3.63) is 28.3 Å². The Morgan fingerprint density at radius 1 is 1.32 bits per heavy atom. The van der Waals surface area contributed by atoms with Gasteiger partial charge in [0.15, 0.2) is 12.4 Å². The molecule has 9 heteroatoms. The maximum Gasteiger partial charge on any atom is 0.451 e. The van der Waals surface area contributed by atoms with E-state index in [0.717, 1.165) is 6.42 Å². The molecule has 2 rings (SSSR count). The Bertz CT molecular complexity index is 565. The summed E-state index contributed by atoms with van der Waals surface area (Å²) in [6.45, 7) is 0.331. The van der Waals surface area contributed by atoms with E-state index in [-0.39, 0.29) is 18.2 Å². The number of unbranched alkanes of at least 4 members (excludes halogenated alkanes) is 2. The molecule has 0 unspecified atom stereocenters. The van der Waals surface area contributed by atoms with Crippen LogP contribution in [0.15, 0.2) is 18.2 Å². The number of non-ortho nitro benzene ring substituents is 1. The minimum absolute atomic E-state index is 0.0787. The second-order valence-electron chi connectivity index (χ2n) is 5.07. The number of amides is 1. The first kappa shape index (κ1) is 16.2. The van der Waals surface area contributed by atoms with Gasteiger partial charge < -0.3 is 19.7 Å². The Balaban J connectivity index is 2.00. The first-order valence-electron chi connectivity index (χ1n) is 7.07. The highest BCUT2D eigenvalue weighted by atomic mass is 16.6. The van der Waals surface area contributed by atoms with Crippen molar-refractivity contribution in [3.8, 4) is 5.75 Å². The number of anilines is 1. The normalized spacial score (nSPS) is 13.5. The van der Waals surface area contributed by atoms with Crippen molar-refractivity contribution in [1.29, 1.82) is 0 Å². The Hall–Kier alpha value is -2.13. The summed E-state index contributed by atoms with van der Waals surface area (Å²) in [5.41, 5.74) is 0.453. The van der Waals surface area contributed by atoms with E-state index in [9.17, 15) is 14.9 Å². The van der Waals surface area contributed by atoms with Gasteiger partial charge in [0, 0.05) is 12.6 Å². The number of benzene rings is 1.